The second-order valence-electron chi connectivity index (χ2n) is 4.33. The zero-order chi connectivity index (χ0) is 16.1. The van der Waals surface area contributed by atoms with Gasteiger partial charge in [0.15, 0.2) is 5.11 Å². The van der Waals surface area contributed by atoms with Gasteiger partial charge in [-0.25, -0.2) is 0 Å². The molecule has 0 aliphatic heterocycles. The Bertz CT molecular complexity index is 749. The van der Waals surface area contributed by atoms with Gasteiger partial charge < -0.3 is 11.1 Å². The third-order valence-electron chi connectivity index (χ3n) is 2.75. The summed E-state index contributed by atoms with van der Waals surface area (Å²) in [5.41, 5.74) is 6.48. The molecule has 0 radical (unpaired) electrons. The van der Waals surface area contributed by atoms with E-state index < -0.39 is 5.91 Å². The minimum Gasteiger partial charge on any atom is -0.366 e. The second kappa shape index (κ2) is 7.15. The summed E-state index contributed by atoms with van der Waals surface area (Å²) in [6.45, 7) is 0. The van der Waals surface area contributed by atoms with Gasteiger partial charge in [-0.2, -0.15) is 0 Å². The van der Waals surface area contributed by atoms with Gasteiger partial charge in [-0.05, 0) is 42.5 Å². The number of anilines is 1. The first kappa shape index (κ1) is 16.1. The standard InChI is InChI=1S/C15H12BrN3O2S/c16-10-5-3-4-9(8-10)14(21)19-15(22)18-12-7-2-1-6-11(12)13(17)20/h1-8H,(H2,17,20)(H2,18,19,21,22). The van der Waals surface area contributed by atoms with Crippen molar-refractivity contribution in [1.82, 2.24) is 5.32 Å². The number of primary amides is 1. The van der Waals surface area contributed by atoms with Crippen molar-refractivity contribution in [3.05, 3.63) is 64.1 Å². The van der Waals surface area contributed by atoms with Crippen LogP contribution in [0, 0.1) is 0 Å². The third kappa shape index (κ3) is 4.12. The average Bonchev–Trinajstić information content (AvgIpc) is 2.47. The van der Waals surface area contributed by atoms with Crippen LogP contribution < -0.4 is 16.4 Å². The molecule has 0 saturated carbocycles. The summed E-state index contributed by atoms with van der Waals surface area (Å²) in [6.07, 6.45) is 0. The Morgan fingerprint density at radius 3 is 2.50 bits per heavy atom. The van der Waals surface area contributed by atoms with Gasteiger partial charge in [0.2, 0.25) is 0 Å². The van der Waals surface area contributed by atoms with Crippen molar-refractivity contribution in [3.8, 4) is 0 Å². The van der Waals surface area contributed by atoms with Crippen molar-refractivity contribution in [1.29, 1.82) is 0 Å². The summed E-state index contributed by atoms with van der Waals surface area (Å²) in [4.78, 5) is 23.4. The van der Waals surface area contributed by atoms with E-state index in [1.807, 2.05) is 6.07 Å². The summed E-state index contributed by atoms with van der Waals surface area (Å²) < 4.78 is 0.790. The minimum atomic E-state index is -0.579. The van der Waals surface area contributed by atoms with E-state index in [4.69, 9.17) is 18.0 Å². The van der Waals surface area contributed by atoms with Crippen LogP contribution in [0.4, 0.5) is 5.69 Å². The highest BCUT2D eigenvalue weighted by Gasteiger charge is 2.11. The third-order valence-corrected chi connectivity index (χ3v) is 3.45. The number of halogens is 1. The first-order valence-corrected chi connectivity index (χ1v) is 7.44. The fourth-order valence-electron chi connectivity index (χ4n) is 1.77. The van der Waals surface area contributed by atoms with Crippen molar-refractivity contribution in [2.24, 2.45) is 5.73 Å². The number of hydrogen-bond acceptors (Lipinski definition) is 3. The van der Waals surface area contributed by atoms with Crippen LogP contribution in [-0.4, -0.2) is 16.9 Å². The maximum Gasteiger partial charge on any atom is 0.257 e. The lowest BCUT2D eigenvalue weighted by molar-refractivity contribution is 0.0975. The number of thiocarbonyl (C=S) groups is 1. The largest absolute Gasteiger partial charge is 0.366 e. The molecule has 7 heteroatoms. The van der Waals surface area contributed by atoms with Crippen LogP contribution in [0.15, 0.2) is 53.0 Å². The van der Waals surface area contributed by atoms with E-state index in [2.05, 4.69) is 26.6 Å². The van der Waals surface area contributed by atoms with Gasteiger partial charge in [0.1, 0.15) is 0 Å². The van der Waals surface area contributed by atoms with Crippen molar-refractivity contribution >= 4 is 50.8 Å². The maximum absolute atomic E-state index is 12.1. The fourth-order valence-corrected chi connectivity index (χ4v) is 2.37. The number of hydrogen-bond donors (Lipinski definition) is 3. The van der Waals surface area contributed by atoms with Crippen molar-refractivity contribution in [2.75, 3.05) is 5.32 Å². The SMILES string of the molecule is NC(=O)c1ccccc1NC(=S)NC(=O)c1cccc(Br)c1. The van der Waals surface area contributed by atoms with Gasteiger partial charge in [0.05, 0.1) is 11.3 Å². The van der Waals surface area contributed by atoms with E-state index in [9.17, 15) is 9.59 Å². The minimum absolute atomic E-state index is 0.0821. The van der Waals surface area contributed by atoms with Crippen LogP contribution in [0.2, 0.25) is 0 Å². The monoisotopic (exact) mass is 377 g/mol. The van der Waals surface area contributed by atoms with Gasteiger partial charge in [0.25, 0.3) is 11.8 Å². The van der Waals surface area contributed by atoms with Gasteiger partial charge in [-0.1, -0.05) is 34.1 Å². The fraction of sp³-hybridized carbons (Fsp3) is 0. The predicted molar refractivity (Wildman–Crippen MR) is 92.8 cm³/mol. The molecular weight excluding hydrogens is 366 g/mol. The molecule has 5 nitrogen and oxygen atoms in total. The lowest BCUT2D eigenvalue weighted by atomic mass is 10.1. The summed E-state index contributed by atoms with van der Waals surface area (Å²) in [6, 6.07) is 13.5. The van der Waals surface area contributed by atoms with Gasteiger partial charge in [-0.15, -0.1) is 0 Å². The predicted octanol–water partition coefficient (Wildman–Crippen LogP) is 2.67. The molecule has 0 spiro atoms. The van der Waals surface area contributed by atoms with E-state index in [1.165, 1.54) is 0 Å². The zero-order valence-electron chi connectivity index (χ0n) is 11.3. The number of carbonyl (C=O) groups is 2. The molecule has 112 valence electrons. The molecule has 0 aliphatic carbocycles. The molecule has 2 aromatic rings. The molecule has 0 fully saturated rings. The van der Waals surface area contributed by atoms with Crippen LogP contribution in [0.5, 0.6) is 0 Å². The summed E-state index contributed by atoms with van der Waals surface area (Å²) >= 11 is 8.38. The number of para-hydroxylation sites is 1. The Kier molecular flexibility index (Phi) is 5.24. The van der Waals surface area contributed by atoms with Crippen molar-refractivity contribution < 1.29 is 9.59 Å². The van der Waals surface area contributed by atoms with Gasteiger partial charge in [-0.3, -0.25) is 14.9 Å². The van der Waals surface area contributed by atoms with E-state index in [1.54, 1.807) is 42.5 Å². The van der Waals surface area contributed by atoms with Crippen LogP contribution in [0.1, 0.15) is 20.7 Å². The van der Waals surface area contributed by atoms with Crippen LogP contribution >= 0.6 is 28.1 Å². The van der Waals surface area contributed by atoms with Crippen LogP contribution in [-0.2, 0) is 0 Å². The van der Waals surface area contributed by atoms with Crippen LogP contribution in [0.3, 0.4) is 0 Å². The topological polar surface area (TPSA) is 84.2 Å². The number of nitrogens with two attached hydrogens (primary N) is 1. The average molecular weight is 378 g/mol. The molecular formula is C15H12BrN3O2S. The Morgan fingerprint density at radius 2 is 1.82 bits per heavy atom. The summed E-state index contributed by atoms with van der Waals surface area (Å²) in [5, 5.41) is 5.42. The molecule has 0 aromatic heterocycles. The Balaban J connectivity index is 2.08. The molecule has 0 bridgehead atoms. The molecule has 0 saturated heterocycles. The molecule has 2 rings (SSSR count). The second-order valence-corrected chi connectivity index (χ2v) is 5.65. The molecule has 0 heterocycles. The van der Waals surface area contributed by atoms with E-state index >= 15 is 0 Å². The molecule has 2 amide bonds. The molecule has 4 N–H and O–H groups in total. The highest BCUT2D eigenvalue weighted by molar-refractivity contribution is 9.10. The zero-order valence-corrected chi connectivity index (χ0v) is 13.7. The lowest BCUT2D eigenvalue weighted by Gasteiger charge is -2.12. The van der Waals surface area contributed by atoms with E-state index in [0.717, 1.165) is 4.47 Å². The molecule has 0 unspecified atom stereocenters. The van der Waals surface area contributed by atoms with Crippen molar-refractivity contribution in [3.63, 3.8) is 0 Å². The first-order chi connectivity index (χ1) is 10.5. The maximum atomic E-state index is 12.1. The smallest absolute Gasteiger partial charge is 0.257 e. The summed E-state index contributed by atoms with van der Waals surface area (Å²) in [5.74, 6) is -0.931. The number of rotatable bonds is 3. The Morgan fingerprint density at radius 1 is 1.09 bits per heavy atom. The number of amides is 2. The van der Waals surface area contributed by atoms with Crippen LogP contribution in [0.25, 0.3) is 0 Å². The number of benzene rings is 2. The molecule has 22 heavy (non-hydrogen) atoms. The number of nitrogens with one attached hydrogen (secondary N) is 2. The molecule has 2 aromatic carbocycles. The first-order valence-electron chi connectivity index (χ1n) is 6.24. The van der Waals surface area contributed by atoms with Gasteiger partial charge >= 0.3 is 0 Å². The quantitative estimate of drug-likeness (QED) is 0.717. The highest BCUT2D eigenvalue weighted by Crippen LogP contribution is 2.14. The van der Waals surface area contributed by atoms with Crippen molar-refractivity contribution in [2.45, 2.75) is 0 Å². The Labute approximate surface area is 141 Å². The van der Waals surface area contributed by atoms with Gasteiger partial charge in [0, 0.05) is 10.0 Å². The summed E-state index contributed by atoms with van der Waals surface area (Å²) in [7, 11) is 0. The molecule has 0 atom stereocenters. The lowest BCUT2D eigenvalue weighted by Crippen LogP contribution is -2.34. The highest BCUT2D eigenvalue weighted by atomic mass is 79.9. The normalized spacial score (nSPS) is 9.86. The number of carbonyl (C=O) groups excluding carboxylic acids is 2. The molecule has 0 aliphatic rings. The van der Waals surface area contributed by atoms with E-state index in [0.29, 0.717) is 16.8 Å². The van der Waals surface area contributed by atoms with E-state index in [-0.39, 0.29) is 11.0 Å². The Hall–Kier alpha value is -2.25.